The molecule has 0 aliphatic carbocycles. The number of allylic oxidation sites excluding steroid dienone is 1. The predicted molar refractivity (Wildman–Crippen MR) is 192 cm³/mol. The number of likely N-dealkylation sites (tertiary alicyclic amines) is 1. The highest BCUT2D eigenvalue weighted by molar-refractivity contribution is 5.99. The van der Waals surface area contributed by atoms with E-state index in [1.54, 1.807) is 21.7 Å². The SMILES string of the molecule is C=CCCC(=O)OC[C@@H](NC(=O)[C@@H]1[C@H]2C(=O)N([C@@H](CO)CC(C)C)[C@H](C(=O)N(CC=C)Cn3nnc4ccccc43)[C@]23CC[C@H]1O3)c1ccccc1. The van der Waals surface area contributed by atoms with E-state index < -0.39 is 59.5 Å². The summed E-state index contributed by atoms with van der Waals surface area (Å²) in [7, 11) is 0. The molecular weight excluding hydrogens is 664 g/mol. The van der Waals surface area contributed by atoms with Crippen molar-refractivity contribution in [3.8, 4) is 0 Å². The number of aliphatic hydroxyl groups excluding tert-OH is 1. The Morgan fingerprint density at radius 3 is 2.60 bits per heavy atom. The number of amides is 3. The number of rotatable bonds is 17. The van der Waals surface area contributed by atoms with E-state index in [0.717, 1.165) is 11.1 Å². The summed E-state index contributed by atoms with van der Waals surface area (Å²) in [5.74, 6) is -3.38. The number of benzene rings is 2. The maximum absolute atomic E-state index is 15.0. The number of hydrogen-bond donors (Lipinski definition) is 2. The first-order valence-electron chi connectivity index (χ1n) is 18.0. The van der Waals surface area contributed by atoms with Gasteiger partial charge < -0.3 is 29.7 Å². The minimum atomic E-state index is -1.30. The van der Waals surface area contributed by atoms with Gasteiger partial charge in [0.25, 0.3) is 0 Å². The summed E-state index contributed by atoms with van der Waals surface area (Å²) < 4.78 is 13.9. The van der Waals surface area contributed by atoms with Gasteiger partial charge in [-0.1, -0.05) is 73.7 Å². The molecular formula is C39H48N6O7. The molecule has 13 heteroatoms. The van der Waals surface area contributed by atoms with E-state index in [9.17, 15) is 24.3 Å². The first kappa shape index (κ1) is 36.9. The smallest absolute Gasteiger partial charge is 0.306 e. The Morgan fingerprint density at radius 2 is 1.88 bits per heavy atom. The number of nitrogens with zero attached hydrogens (tertiary/aromatic N) is 5. The van der Waals surface area contributed by atoms with Gasteiger partial charge in [-0.2, -0.15) is 0 Å². The van der Waals surface area contributed by atoms with E-state index in [-0.39, 0.29) is 44.7 Å². The van der Waals surface area contributed by atoms with Gasteiger partial charge in [-0.05, 0) is 49.3 Å². The molecule has 3 amide bonds. The number of fused-ring (bicyclic) bond motifs is 2. The lowest BCUT2D eigenvalue weighted by molar-refractivity contribution is -0.152. The van der Waals surface area contributed by atoms with E-state index in [2.05, 4.69) is 28.8 Å². The molecule has 276 valence electrons. The maximum atomic E-state index is 15.0. The molecule has 2 aromatic carbocycles. The second kappa shape index (κ2) is 15.8. The van der Waals surface area contributed by atoms with Crippen LogP contribution < -0.4 is 5.32 Å². The Kier molecular flexibility index (Phi) is 11.2. The first-order chi connectivity index (χ1) is 25.1. The van der Waals surface area contributed by atoms with Crippen LogP contribution in [0.2, 0.25) is 0 Å². The standard InChI is InChI=1S/C39H48N6O7/c1-5-7-17-32(47)51-23-29(26-13-9-8-10-14-26)40-36(48)33-31-18-19-39(52-31)34(33)37(49)45(27(22-46)21-25(3)4)35(39)38(50)43(20-6-2)24-44-30-16-12-11-15-28(30)41-42-44/h5-6,8-16,25,27,29,31,33-35,46H,1-2,7,17-24H2,3-4H3,(H,40,48)/t27-,29-,31-,33+,34+,35-,39+/m1/s1. The molecule has 3 aromatic rings. The number of esters is 1. The molecule has 4 heterocycles. The molecule has 3 fully saturated rings. The Labute approximate surface area is 303 Å². The molecule has 3 aliphatic rings. The molecule has 0 unspecified atom stereocenters. The number of aliphatic hydroxyl groups is 1. The highest BCUT2D eigenvalue weighted by Gasteiger charge is 2.75. The molecule has 2 bridgehead atoms. The zero-order chi connectivity index (χ0) is 37.0. The number of ether oxygens (including phenoxy) is 2. The van der Waals surface area contributed by atoms with Crippen molar-refractivity contribution in [1.29, 1.82) is 0 Å². The van der Waals surface area contributed by atoms with Crippen LogP contribution >= 0.6 is 0 Å². The number of para-hydroxylation sites is 1. The molecule has 0 radical (unpaired) electrons. The molecule has 52 heavy (non-hydrogen) atoms. The quantitative estimate of drug-likeness (QED) is 0.158. The topological polar surface area (TPSA) is 156 Å². The summed E-state index contributed by atoms with van der Waals surface area (Å²) in [6.45, 7) is 11.2. The van der Waals surface area contributed by atoms with E-state index in [0.29, 0.717) is 31.2 Å². The van der Waals surface area contributed by atoms with Crippen LogP contribution in [0.25, 0.3) is 11.0 Å². The van der Waals surface area contributed by atoms with Crippen LogP contribution in [0.4, 0.5) is 0 Å². The minimum Gasteiger partial charge on any atom is -0.463 e. The molecule has 7 atom stereocenters. The van der Waals surface area contributed by atoms with Crippen molar-refractivity contribution in [1.82, 2.24) is 30.1 Å². The number of hydrogen-bond acceptors (Lipinski definition) is 9. The third kappa shape index (κ3) is 6.99. The molecule has 13 nitrogen and oxygen atoms in total. The summed E-state index contributed by atoms with van der Waals surface area (Å²) in [5.41, 5.74) is 0.849. The summed E-state index contributed by atoms with van der Waals surface area (Å²) in [6.07, 6.45) is 4.58. The molecule has 0 saturated carbocycles. The fourth-order valence-electron chi connectivity index (χ4n) is 8.26. The van der Waals surface area contributed by atoms with Gasteiger partial charge in [-0.15, -0.1) is 18.3 Å². The van der Waals surface area contributed by atoms with Gasteiger partial charge >= 0.3 is 5.97 Å². The van der Waals surface area contributed by atoms with Crippen molar-refractivity contribution >= 4 is 34.7 Å². The lowest BCUT2D eigenvalue weighted by Crippen LogP contribution is -2.59. The number of aromatic nitrogens is 3. The monoisotopic (exact) mass is 712 g/mol. The summed E-state index contributed by atoms with van der Waals surface area (Å²) in [5, 5.41) is 22.3. The first-order valence-corrected chi connectivity index (χ1v) is 18.0. The van der Waals surface area contributed by atoms with E-state index in [1.165, 1.54) is 4.90 Å². The van der Waals surface area contributed by atoms with Crippen molar-refractivity contribution in [3.63, 3.8) is 0 Å². The van der Waals surface area contributed by atoms with Gasteiger partial charge in [-0.3, -0.25) is 19.2 Å². The Hall–Kier alpha value is -4.88. The van der Waals surface area contributed by atoms with E-state index >= 15 is 0 Å². The average molecular weight is 713 g/mol. The fraction of sp³-hybridized carbons (Fsp3) is 0.487. The normalized spacial score (nSPS) is 24.5. The van der Waals surface area contributed by atoms with Gasteiger partial charge in [0.2, 0.25) is 17.7 Å². The third-order valence-corrected chi connectivity index (χ3v) is 10.5. The zero-order valence-electron chi connectivity index (χ0n) is 29.8. The van der Waals surface area contributed by atoms with Crippen LogP contribution in [0.1, 0.15) is 57.6 Å². The highest BCUT2D eigenvalue weighted by atomic mass is 16.5. The minimum absolute atomic E-state index is 0.0379. The highest BCUT2D eigenvalue weighted by Crippen LogP contribution is 2.59. The Morgan fingerprint density at radius 1 is 1.13 bits per heavy atom. The molecule has 3 saturated heterocycles. The summed E-state index contributed by atoms with van der Waals surface area (Å²) in [4.78, 5) is 59.6. The molecule has 1 spiro atoms. The predicted octanol–water partition coefficient (Wildman–Crippen LogP) is 3.55. The van der Waals surface area contributed by atoms with E-state index in [4.69, 9.17) is 9.47 Å². The molecule has 1 aromatic heterocycles. The molecule has 3 aliphatic heterocycles. The second-order valence-corrected chi connectivity index (χ2v) is 14.3. The van der Waals surface area contributed by atoms with Crippen molar-refractivity contribution in [2.24, 2.45) is 17.8 Å². The van der Waals surface area contributed by atoms with Crippen LogP contribution in [-0.4, -0.2) is 97.1 Å². The largest absolute Gasteiger partial charge is 0.463 e. The van der Waals surface area contributed by atoms with Crippen molar-refractivity contribution in [2.45, 2.75) is 82.5 Å². The average Bonchev–Trinajstić information content (AvgIpc) is 3.90. The summed E-state index contributed by atoms with van der Waals surface area (Å²) in [6, 6.07) is 14.1. The van der Waals surface area contributed by atoms with Gasteiger partial charge in [0, 0.05) is 13.0 Å². The van der Waals surface area contributed by atoms with Crippen LogP contribution in [0.15, 0.2) is 79.9 Å². The number of carbonyl (C=O) groups is 4. The van der Waals surface area contributed by atoms with Gasteiger partial charge in [0.15, 0.2) is 0 Å². The lowest BCUT2D eigenvalue weighted by atomic mass is 9.70. The van der Waals surface area contributed by atoms with Crippen LogP contribution in [0, 0.1) is 17.8 Å². The lowest BCUT2D eigenvalue weighted by Gasteiger charge is -2.39. The third-order valence-electron chi connectivity index (χ3n) is 10.5. The van der Waals surface area contributed by atoms with Crippen LogP contribution in [0.5, 0.6) is 0 Å². The molecule has 6 rings (SSSR count). The van der Waals surface area contributed by atoms with Crippen LogP contribution in [-0.2, 0) is 35.3 Å². The maximum Gasteiger partial charge on any atom is 0.306 e. The zero-order valence-corrected chi connectivity index (χ0v) is 29.8. The van der Waals surface area contributed by atoms with Crippen molar-refractivity contribution in [3.05, 3.63) is 85.5 Å². The van der Waals surface area contributed by atoms with Crippen LogP contribution in [0.3, 0.4) is 0 Å². The van der Waals surface area contributed by atoms with Crippen molar-refractivity contribution < 1.29 is 33.8 Å². The Balaban J connectivity index is 1.33. The van der Waals surface area contributed by atoms with Gasteiger partial charge in [0.1, 0.15) is 30.4 Å². The summed E-state index contributed by atoms with van der Waals surface area (Å²) >= 11 is 0. The van der Waals surface area contributed by atoms with Gasteiger partial charge in [-0.25, -0.2) is 4.68 Å². The fourth-order valence-corrected chi connectivity index (χ4v) is 8.26. The van der Waals surface area contributed by atoms with Gasteiger partial charge in [0.05, 0.1) is 42.1 Å². The van der Waals surface area contributed by atoms with Crippen molar-refractivity contribution in [2.75, 3.05) is 19.8 Å². The number of nitrogens with one attached hydrogen (secondary N) is 1. The number of carbonyl (C=O) groups excluding carboxylic acids is 4. The molecule has 2 N–H and O–H groups in total. The van der Waals surface area contributed by atoms with E-state index in [1.807, 2.05) is 68.4 Å². The Bertz CT molecular complexity index is 1800. The second-order valence-electron chi connectivity index (χ2n) is 14.3.